The Bertz CT molecular complexity index is 681. The molecular formula is C15H17N3O2. The lowest BCUT2D eigenvalue weighted by Gasteiger charge is -2.11. The Labute approximate surface area is 117 Å². The molecule has 1 aromatic carbocycles. The molecule has 0 aliphatic rings. The van der Waals surface area contributed by atoms with Gasteiger partial charge in [0.1, 0.15) is 5.75 Å². The number of anilines is 1. The molecule has 5 heteroatoms. The van der Waals surface area contributed by atoms with Crippen molar-refractivity contribution in [1.29, 1.82) is 0 Å². The highest BCUT2D eigenvalue weighted by molar-refractivity contribution is 6.05. The fraction of sp³-hybridized carbons (Fsp3) is 0.267. The summed E-state index contributed by atoms with van der Waals surface area (Å²) >= 11 is 0. The van der Waals surface area contributed by atoms with Crippen LogP contribution >= 0.6 is 0 Å². The number of benzene rings is 1. The SMILES string of the molecule is Cc1cc(C(=O)Nc2cc(C)c(O)cc2C)c(C)nn1. The van der Waals surface area contributed by atoms with Gasteiger partial charge in [-0.15, -0.1) is 0 Å². The molecule has 0 bridgehead atoms. The molecule has 104 valence electrons. The Hall–Kier alpha value is -2.43. The van der Waals surface area contributed by atoms with Crippen LogP contribution in [-0.4, -0.2) is 21.2 Å². The second-order valence-electron chi connectivity index (χ2n) is 4.89. The predicted octanol–water partition coefficient (Wildman–Crippen LogP) is 2.67. The monoisotopic (exact) mass is 271 g/mol. The van der Waals surface area contributed by atoms with Gasteiger partial charge in [0.25, 0.3) is 5.91 Å². The maximum Gasteiger partial charge on any atom is 0.257 e. The Morgan fingerprint density at radius 2 is 1.75 bits per heavy atom. The number of carbonyl (C=O) groups excluding carboxylic acids is 1. The zero-order valence-corrected chi connectivity index (χ0v) is 12.0. The molecule has 0 aliphatic heterocycles. The summed E-state index contributed by atoms with van der Waals surface area (Å²) in [5.74, 6) is -0.00760. The summed E-state index contributed by atoms with van der Waals surface area (Å²) in [5, 5.41) is 20.3. The van der Waals surface area contributed by atoms with E-state index in [1.165, 1.54) is 0 Å². The van der Waals surface area contributed by atoms with E-state index in [1.807, 2.05) is 6.92 Å². The van der Waals surface area contributed by atoms with Gasteiger partial charge in [-0.2, -0.15) is 10.2 Å². The topological polar surface area (TPSA) is 75.1 Å². The minimum Gasteiger partial charge on any atom is -0.508 e. The van der Waals surface area contributed by atoms with Gasteiger partial charge in [-0.05, 0) is 57.0 Å². The summed E-state index contributed by atoms with van der Waals surface area (Å²) in [6.45, 7) is 7.15. The second kappa shape index (κ2) is 5.28. The third-order valence-electron chi connectivity index (χ3n) is 3.14. The van der Waals surface area contributed by atoms with Gasteiger partial charge in [0.05, 0.1) is 17.0 Å². The normalized spacial score (nSPS) is 10.4. The van der Waals surface area contributed by atoms with Crippen molar-refractivity contribution in [2.45, 2.75) is 27.7 Å². The van der Waals surface area contributed by atoms with E-state index in [0.29, 0.717) is 28.2 Å². The van der Waals surface area contributed by atoms with Crippen molar-refractivity contribution < 1.29 is 9.90 Å². The lowest BCUT2D eigenvalue weighted by molar-refractivity contribution is 0.102. The summed E-state index contributed by atoms with van der Waals surface area (Å²) in [5.41, 5.74) is 3.98. The molecule has 0 saturated heterocycles. The van der Waals surface area contributed by atoms with E-state index in [-0.39, 0.29) is 11.7 Å². The molecule has 5 nitrogen and oxygen atoms in total. The van der Waals surface area contributed by atoms with Crippen LogP contribution < -0.4 is 5.32 Å². The number of nitrogens with one attached hydrogen (secondary N) is 1. The quantitative estimate of drug-likeness (QED) is 0.823. The summed E-state index contributed by atoms with van der Waals surface area (Å²) in [4.78, 5) is 12.3. The van der Waals surface area contributed by atoms with E-state index in [2.05, 4.69) is 15.5 Å². The Morgan fingerprint density at radius 1 is 1.05 bits per heavy atom. The molecule has 2 N–H and O–H groups in total. The highest BCUT2D eigenvalue weighted by Crippen LogP contribution is 2.25. The molecule has 1 heterocycles. The van der Waals surface area contributed by atoms with E-state index in [4.69, 9.17) is 0 Å². The molecule has 0 radical (unpaired) electrons. The van der Waals surface area contributed by atoms with Crippen LogP contribution in [0.3, 0.4) is 0 Å². The minimum absolute atomic E-state index is 0.220. The maximum absolute atomic E-state index is 12.3. The van der Waals surface area contributed by atoms with E-state index in [0.717, 1.165) is 5.56 Å². The average Bonchev–Trinajstić information content (AvgIpc) is 2.38. The molecule has 0 spiro atoms. The lowest BCUT2D eigenvalue weighted by atomic mass is 10.1. The maximum atomic E-state index is 12.3. The number of hydrogen-bond acceptors (Lipinski definition) is 4. The van der Waals surface area contributed by atoms with E-state index in [9.17, 15) is 9.90 Å². The number of aryl methyl sites for hydroxylation is 4. The van der Waals surface area contributed by atoms with Gasteiger partial charge in [0.2, 0.25) is 0 Å². The van der Waals surface area contributed by atoms with Crippen LogP contribution in [0.1, 0.15) is 32.9 Å². The molecule has 0 atom stereocenters. The first kappa shape index (κ1) is 14.0. The minimum atomic E-state index is -0.228. The van der Waals surface area contributed by atoms with Crippen molar-refractivity contribution in [3.8, 4) is 5.75 Å². The van der Waals surface area contributed by atoms with Gasteiger partial charge in [0.15, 0.2) is 0 Å². The third kappa shape index (κ3) is 2.77. The van der Waals surface area contributed by atoms with E-state index < -0.39 is 0 Å². The van der Waals surface area contributed by atoms with Crippen molar-refractivity contribution >= 4 is 11.6 Å². The molecule has 0 unspecified atom stereocenters. The number of aromatic nitrogens is 2. The zero-order chi connectivity index (χ0) is 14.9. The Morgan fingerprint density at radius 3 is 2.45 bits per heavy atom. The molecule has 0 saturated carbocycles. The van der Waals surface area contributed by atoms with E-state index >= 15 is 0 Å². The number of aromatic hydroxyl groups is 1. The Balaban J connectivity index is 2.32. The van der Waals surface area contributed by atoms with Gasteiger partial charge in [-0.3, -0.25) is 4.79 Å². The molecular weight excluding hydrogens is 254 g/mol. The average molecular weight is 271 g/mol. The van der Waals surface area contributed by atoms with Crippen LogP contribution in [0.2, 0.25) is 0 Å². The summed E-state index contributed by atoms with van der Waals surface area (Å²) in [6.07, 6.45) is 0. The molecule has 20 heavy (non-hydrogen) atoms. The van der Waals surface area contributed by atoms with Crippen LogP contribution in [0.25, 0.3) is 0 Å². The molecule has 2 rings (SSSR count). The first-order valence-corrected chi connectivity index (χ1v) is 6.31. The summed E-state index contributed by atoms with van der Waals surface area (Å²) < 4.78 is 0. The van der Waals surface area contributed by atoms with Crippen LogP contribution in [0.5, 0.6) is 5.75 Å². The summed E-state index contributed by atoms with van der Waals surface area (Å²) in [7, 11) is 0. The molecule has 0 aliphatic carbocycles. The molecule has 0 fully saturated rings. The number of carbonyl (C=O) groups is 1. The smallest absolute Gasteiger partial charge is 0.257 e. The predicted molar refractivity (Wildman–Crippen MR) is 77.0 cm³/mol. The van der Waals surface area contributed by atoms with Gasteiger partial charge < -0.3 is 10.4 Å². The molecule has 2 aromatic rings. The summed E-state index contributed by atoms with van der Waals surface area (Å²) in [6, 6.07) is 5.09. The lowest BCUT2D eigenvalue weighted by Crippen LogP contribution is -2.16. The van der Waals surface area contributed by atoms with Crippen LogP contribution in [0.15, 0.2) is 18.2 Å². The van der Waals surface area contributed by atoms with Crippen LogP contribution in [-0.2, 0) is 0 Å². The van der Waals surface area contributed by atoms with Crippen molar-refractivity contribution in [3.63, 3.8) is 0 Å². The van der Waals surface area contributed by atoms with Gasteiger partial charge >= 0.3 is 0 Å². The zero-order valence-electron chi connectivity index (χ0n) is 12.0. The first-order chi connectivity index (χ1) is 9.38. The largest absolute Gasteiger partial charge is 0.508 e. The number of phenols is 1. The number of amides is 1. The second-order valence-corrected chi connectivity index (χ2v) is 4.89. The number of rotatable bonds is 2. The number of nitrogens with zero attached hydrogens (tertiary/aromatic N) is 2. The molecule has 1 aromatic heterocycles. The van der Waals surface area contributed by atoms with Crippen molar-refractivity contribution in [1.82, 2.24) is 10.2 Å². The third-order valence-corrected chi connectivity index (χ3v) is 3.14. The highest BCUT2D eigenvalue weighted by Gasteiger charge is 2.13. The first-order valence-electron chi connectivity index (χ1n) is 6.31. The van der Waals surface area contributed by atoms with E-state index in [1.54, 1.807) is 39.0 Å². The fourth-order valence-corrected chi connectivity index (χ4v) is 1.91. The Kier molecular flexibility index (Phi) is 3.70. The highest BCUT2D eigenvalue weighted by atomic mass is 16.3. The van der Waals surface area contributed by atoms with Crippen LogP contribution in [0.4, 0.5) is 5.69 Å². The number of phenolic OH excluding ortho intramolecular Hbond substituents is 1. The van der Waals surface area contributed by atoms with Crippen LogP contribution in [0, 0.1) is 27.7 Å². The molecule has 1 amide bonds. The van der Waals surface area contributed by atoms with Crippen molar-refractivity contribution in [3.05, 3.63) is 46.3 Å². The van der Waals surface area contributed by atoms with Gasteiger partial charge in [0, 0.05) is 5.69 Å². The standard InChI is InChI=1S/C15H17N3O2/c1-8-6-14(19)9(2)5-13(8)16-15(20)12-7-10(3)17-18-11(12)4/h5-7,19H,1-4H3,(H,16,20). The van der Waals surface area contributed by atoms with Gasteiger partial charge in [-0.1, -0.05) is 0 Å². The van der Waals surface area contributed by atoms with Crippen molar-refractivity contribution in [2.24, 2.45) is 0 Å². The van der Waals surface area contributed by atoms with Crippen molar-refractivity contribution in [2.75, 3.05) is 5.32 Å². The fourth-order valence-electron chi connectivity index (χ4n) is 1.91. The van der Waals surface area contributed by atoms with Gasteiger partial charge in [-0.25, -0.2) is 0 Å². The number of hydrogen-bond donors (Lipinski definition) is 2.